The standard InChI is InChI=1S/C23H37NO6/c1-8-26-20(25)19-14-15-24(16-18-12-10-9-11-13-18)17-23(19,29-27-21(2,3)4)30-28-22(5,6)7/h9-13,19H,8,14-17H2,1-7H3. The monoisotopic (exact) mass is 423 g/mol. The van der Waals surface area contributed by atoms with Gasteiger partial charge in [0.05, 0.1) is 24.4 Å². The van der Waals surface area contributed by atoms with Gasteiger partial charge in [0.25, 0.3) is 5.79 Å². The van der Waals surface area contributed by atoms with Crippen LogP contribution in [0.4, 0.5) is 0 Å². The van der Waals surface area contributed by atoms with E-state index in [9.17, 15) is 4.79 Å². The maximum Gasteiger partial charge on any atom is 0.314 e. The Morgan fingerprint density at radius 2 is 1.60 bits per heavy atom. The molecule has 1 unspecified atom stereocenters. The van der Waals surface area contributed by atoms with Gasteiger partial charge in [0, 0.05) is 6.54 Å². The molecule has 0 saturated carbocycles. The highest BCUT2D eigenvalue weighted by Crippen LogP contribution is 2.37. The van der Waals surface area contributed by atoms with Crippen molar-refractivity contribution in [3.63, 3.8) is 0 Å². The van der Waals surface area contributed by atoms with Gasteiger partial charge in [-0.3, -0.25) is 9.69 Å². The number of likely N-dealkylation sites (tertiary alicyclic amines) is 1. The van der Waals surface area contributed by atoms with Crippen LogP contribution in [-0.4, -0.2) is 47.6 Å². The quantitative estimate of drug-likeness (QED) is 0.268. The van der Waals surface area contributed by atoms with E-state index in [2.05, 4.69) is 17.0 Å². The van der Waals surface area contributed by atoms with Crippen LogP contribution < -0.4 is 0 Å². The van der Waals surface area contributed by atoms with E-state index in [1.54, 1.807) is 6.92 Å². The molecule has 1 aliphatic heterocycles. The van der Waals surface area contributed by atoms with Crippen LogP contribution in [0.2, 0.25) is 0 Å². The number of ether oxygens (including phenoxy) is 1. The number of hydrogen-bond donors (Lipinski definition) is 0. The summed E-state index contributed by atoms with van der Waals surface area (Å²) < 4.78 is 5.33. The number of benzene rings is 1. The average Bonchev–Trinajstić information content (AvgIpc) is 2.65. The first-order valence-corrected chi connectivity index (χ1v) is 10.6. The van der Waals surface area contributed by atoms with Crippen molar-refractivity contribution in [2.24, 2.45) is 5.92 Å². The SMILES string of the molecule is CCOC(=O)C1CCN(Cc2ccccc2)CC1(OOC(C)(C)C)OOC(C)(C)C. The summed E-state index contributed by atoms with van der Waals surface area (Å²) in [5.41, 5.74) is -0.0349. The van der Waals surface area contributed by atoms with Gasteiger partial charge < -0.3 is 4.74 Å². The lowest BCUT2D eigenvalue weighted by atomic mass is 9.90. The lowest BCUT2D eigenvalue weighted by molar-refractivity contribution is -0.553. The van der Waals surface area contributed by atoms with Gasteiger partial charge in [0.1, 0.15) is 5.92 Å². The third-order valence-electron chi connectivity index (χ3n) is 4.39. The molecule has 0 aliphatic carbocycles. The molecule has 0 amide bonds. The van der Waals surface area contributed by atoms with Gasteiger partial charge in [-0.2, -0.15) is 9.78 Å². The Labute approximate surface area is 180 Å². The van der Waals surface area contributed by atoms with Gasteiger partial charge in [-0.25, -0.2) is 9.78 Å². The largest absolute Gasteiger partial charge is 0.466 e. The molecular formula is C23H37NO6. The molecule has 7 heteroatoms. The summed E-state index contributed by atoms with van der Waals surface area (Å²) >= 11 is 0. The van der Waals surface area contributed by atoms with E-state index in [1.807, 2.05) is 59.7 Å². The molecule has 0 spiro atoms. The molecule has 0 aromatic heterocycles. The van der Waals surface area contributed by atoms with Gasteiger partial charge in [-0.15, -0.1) is 0 Å². The minimum atomic E-state index is -1.46. The summed E-state index contributed by atoms with van der Waals surface area (Å²) in [5, 5.41) is 0. The zero-order valence-corrected chi connectivity index (χ0v) is 19.4. The van der Waals surface area contributed by atoms with Crippen molar-refractivity contribution < 1.29 is 29.1 Å². The smallest absolute Gasteiger partial charge is 0.314 e. The van der Waals surface area contributed by atoms with E-state index < -0.39 is 22.9 Å². The number of rotatable bonds is 8. The Bertz CT molecular complexity index is 647. The number of nitrogens with zero attached hydrogens (tertiary/aromatic N) is 1. The lowest BCUT2D eigenvalue weighted by Gasteiger charge is -2.45. The molecule has 30 heavy (non-hydrogen) atoms. The molecule has 1 atom stereocenters. The molecule has 170 valence electrons. The van der Waals surface area contributed by atoms with Crippen LogP contribution in [-0.2, 0) is 35.6 Å². The van der Waals surface area contributed by atoms with E-state index >= 15 is 0 Å². The Hall–Kier alpha value is -1.51. The summed E-state index contributed by atoms with van der Waals surface area (Å²) in [6, 6.07) is 10.1. The predicted octanol–water partition coefficient (Wildman–Crippen LogP) is 4.26. The van der Waals surface area contributed by atoms with Crippen molar-refractivity contribution in [2.75, 3.05) is 19.7 Å². The highest BCUT2D eigenvalue weighted by molar-refractivity contribution is 5.73. The Balaban J connectivity index is 2.32. The molecule has 2 rings (SSSR count). The van der Waals surface area contributed by atoms with Crippen molar-refractivity contribution in [2.45, 2.75) is 78.4 Å². The van der Waals surface area contributed by atoms with Gasteiger partial charge in [0.2, 0.25) is 0 Å². The zero-order valence-electron chi connectivity index (χ0n) is 19.4. The second-order valence-electron chi connectivity index (χ2n) is 9.66. The lowest BCUT2D eigenvalue weighted by Crippen LogP contribution is -2.60. The molecule has 1 aromatic carbocycles. The number of carbonyl (C=O) groups excluding carboxylic acids is 1. The van der Waals surface area contributed by atoms with Crippen LogP contribution in [0.3, 0.4) is 0 Å². The summed E-state index contributed by atoms with van der Waals surface area (Å²) in [6.07, 6.45) is 0.493. The van der Waals surface area contributed by atoms with Crippen molar-refractivity contribution in [1.82, 2.24) is 4.90 Å². The summed E-state index contributed by atoms with van der Waals surface area (Å²) in [5.74, 6) is -2.53. The Kier molecular flexibility index (Phi) is 8.42. The first-order chi connectivity index (χ1) is 13.9. The molecule has 1 aromatic rings. The zero-order chi connectivity index (χ0) is 22.4. The molecule has 0 radical (unpaired) electrons. The van der Waals surface area contributed by atoms with Crippen LogP contribution in [0, 0.1) is 5.92 Å². The molecule has 1 saturated heterocycles. The van der Waals surface area contributed by atoms with Crippen LogP contribution in [0.25, 0.3) is 0 Å². The van der Waals surface area contributed by atoms with Crippen LogP contribution in [0.5, 0.6) is 0 Å². The molecular weight excluding hydrogens is 386 g/mol. The highest BCUT2D eigenvalue weighted by Gasteiger charge is 2.54. The molecule has 1 fully saturated rings. The van der Waals surface area contributed by atoms with Gasteiger partial charge >= 0.3 is 5.97 Å². The fraction of sp³-hybridized carbons (Fsp3) is 0.696. The third kappa shape index (κ3) is 7.63. The molecule has 0 N–H and O–H groups in total. The first-order valence-electron chi connectivity index (χ1n) is 10.6. The van der Waals surface area contributed by atoms with Crippen LogP contribution in [0.15, 0.2) is 30.3 Å². The average molecular weight is 424 g/mol. The first kappa shape index (κ1) is 24.8. The van der Waals surface area contributed by atoms with Gasteiger partial charge in [-0.1, -0.05) is 30.3 Å². The van der Waals surface area contributed by atoms with Crippen molar-refractivity contribution in [3.05, 3.63) is 35.9 Å². The van der Waals surface area contributed by atoms with E-state index in [0.717, 1.165) is 5.56 Å². The second-order valence-corrected chi connectivity index (χ2v) is 9.66. The normalized spacial score (nSPS) is 20.2. The molecule has 0 bridgehead atoms. The predicted molar refractivity (Wildman–Crippen MR) is 113 cm³/mol. The van der Waals surface area contributed by atoms with E-state index in [4.69, 9.17) is 24.3 Å². The van der Waals surface area contributed by atoms with Crippen LogP contribution in [0.1, 0.15) is 60.5 Å². The van der Waals surface area contributed by atoms with Gasteiger partial charge in [0.15, 0.2) is 0 Å². The number of esters is 1. The highest BCUT2D eigenvalue weighted by atomic mass is 17.3. The summed E-state index contributed by atoms with van der Waals surface area (Å²) in [7, 11) is 0. The fourth-order valence-electron chi connectivity index (χ4n) is 3.12. The topological polar surface area (TPSA) is 66.5 Å². The van der Waals surface area contributed by atoms with Crippen LogP contribution >= 0.6 is 0 Å². The second kappa shape index (κ2) is 10.2. The molecule has 7 nitrogen and oxygen atoms in total. The number of piperidine rings is 1. The van der Waals surface area contributed by atoms with E-state index in [1.165, 1.54) is 0 Å². The number of carbonyl (C=O) groups is 1. The maximum atomic E-state index is 12.8. The Morgan fingerprint density at radius 1 is 1.03 bits per heavy atom. The fourth-order valence-corrected chi connectivity index (χ4v) is 3.12. The minimum absolute atomic E-state index is 0.277. The van der Waals surface area contributed by atoms with Crippen molar-refractivity contribution >= 4 is 5.97 Å². The van der Waals surface area contributed by atoms with E-state index in [-0.39, 0.29) is 19.1 Å². The Morgan fingerprint density at radius 3 is 2.10 bits per heavy atom. The minimum Gasteiger partial charge on any atom is -0.466 e. The van der Waals surface area contributed by atoms with Crippen molar-refractivity contribution in [1.29, 1.82) is 0 Å². The number of hydrogen-bond acceptors (Lipinski definition) is 7. The van der Waals surface area contributed by atoms with E-state index in [0.29, 0.717) is 19.5 Å². The molecule has 1 aliphatic rings. The molecule has 1 heterocycles. The van der Waals surface area contributed by atoms with Gasteiger partial charge in [-0.05, 0) is 67.0 Å². The van der Waals surface area contributed by atoms with Crippen molar-refractivity contribution in [3.8, 4) is 0 Å². The third-order valence-corrected chi connectivity index (χ3v) is 4.39. The maximum absolute atomic E-state index is 12.8. The summed E-state index contributed by atoms with van der Waals surface area (Å²) in [4.78, 5) is 38.1. The summed E-state index contributed by atoms with van der Waals surface area (Å²) in [6.45, 7) is 15.0.